The van der Waals surface area contributed by atoms with Gasteiger partial charge in [-0.3, -0.25) is 0 Å². The molecule has 0 amide bonds. The summed E-state index contributed by atoms with van der Waals surface area (Å²) in [5.74, 6) is -4.26. The Balaban J connectivity index is 1.50. The standard InChI is InChI=1S/C47H66O16/c1-5-7-8-9-10-11-17-22-37(52)58-28-36-40(54)41(55)42(56)46(60-36)62-43-35(26-48)63-47(39-31(27-59-47)24-32(49)25-34(39)51)45(57)44(43)61-38(53)23-18-13-16-21-33(50)30(4)20-15-12-14-19-29(3)6-2/h10-13,15-18,20,22-25,29,33,35-36,40-46,48-51,54-57H,5-9,14,19,21,26-28H2,1-4H3/b11-10+,15-12+,16-13+,22-17+,23-18+,30-20+/t29-,33-,35+,36+,40-,41-,42+,43+,44-,45+,46-,47-/m0/s1. The molecule has 1 aromatic carbocycles. The van der Waals surface area contributed by atoms with Gasteiger partial charge >= 0.3 is 11.9 Å². The highest BCUT2D eigenvalue weighted by atomic mass is 16.8. The zero-order valence-corrected chi connectivity index (χ0v) is 36.5. The number of fused-ring (bicyclic) bond motifs is 2. The third-order valence-electron chi connectivity index (χ3n) is 11.3. The average Bonchev–Trinajstić information content (AvgIpc) is 3.63. The Morgan fingerprint density at radius 2 is 1.60 bits per heavy atom. The van der Waals surface area contributed by atoms with Gasteiger partial charge in [0.2, 0.25) is 5.79 Å². The lowest BCUT2D eigenvalue weighted by molar-refractivity contribution is -0.395. The Bertz CT molecular complexity index is 1800. The molecule has 3 heterocycles. The number of esters is 2. The first-order chi connectivity index (χ1) is 30.2. The number of rotatable bonds is 22. The number of unbranched alkanes of at least 4 members (excludes halogenated alkanes) is 3. The average molecular weight is 887 g/mol. The lowest BCUT2D eigenvalue weighted by atomic mass is 9.86. The number of hydrogen-bond acceptors (Lipinski definition) is 16. The second-order valence-electron chi connectivity index (χ2n) is 16.1. The Labute approximate surface area is 369 Å². The van der Waals surface area contributed by atoms with Crippen molar-refractivity contribution in [3.05, 3.63) is 95.7 Å². The Kier molecular flexibility index (Phi) is 20.7. The van der Waals surface area contributed by atoms with Crippen molar-refractivity contribution >= 4 is 11.9 Å². The van der Waals surface area contributed by atoms with Crippen LogP contribution in [0, 0.1) is 5.92 Å². The van der Waals surface area contributed by atoms with Crippen LogP contribution >= 0.6 is 0 Å². The largest absolute Gasteiger partial charge is 0.508 e. The third-order valence-corrected chi connectivity index (χ3v) is 11.3. The van der Waals surface area contributed by atoms with Crippen LogP contribution in [0.5, 0.6) is 11.5 Å². The normalized spacial score (nSPS) is 30.0. The van der Waals surface area contributed by atoms with Crippen molar-refractivity contribution in [3.63, 3.8) is 0 Å². The van der Waals surface area contributed by atoms with Crippen molar-refractivity contribution in [1.82, 2.24) is 0 Å². The summed E-state index contributed by atoms with van der Waals surface area (Å²) in [4.78, 5) is 25.8. The molecule has 0 bridgehead atoms. The van der Waals surface area contributed by atoms with Crippen molar-refractivity contribution in [1.29, 1.82) is 0 Å². The molecule has 16 heteroatoms. The maximum Gasteiger partial charge on any atom is 0.331 e. The number of phenolic OH excluding ortho intramolecular Hbond substituents is 2. The van der Waals surface area contributed by atoms with Crippen LogP contribution in [0.2, 0.25) is 0 Å². The van der Waals surface area contributed by atoms with Gasteiger partial charge in [0.1, 0.15) is 54.7 Å². The minimum atomic E-state index is -2.27. The number of aromatic hydroxyl groups is 2. The number of benzene rings is 1. The first-order valence-corrected chi connectivity index (χ1v) is 21.7. The molecule has 3 aliphatic heterocycles. The lowest BCUT2D eigenvalue weighted by Gasteiger charge is -2.50. The van der Waals surface area contributed by atoms with Crippen molar-refractivity contribution in [2.24, 2.45) is 5.92 Å². The van der Waals surface area contributed by atoms with E-state index in [-0.39, 0.29) is 29.9 Å². The topological polar surface area (TPSA) is 251 Å². The summed E-state index contributed by atoms with van der Waals surface area (Å²) in [5, 5.41) is 86.7. The summed E-state index contributed by atoms with van der Waals surface area (Å²) in [5.41, 5.74) is 0.867. The SMILES string of the molecule is CCCCC/C=C/C=C/C(=O)OC[C@H]1O[C@@H](O[C@H]2[C@H](OC(=O)/C=C/C=C/C[C@H](O)/C(C)=C/C=C/CC[C@@H](C)CC)[C@@H](O)[C@@]3(OCc4cc(O)cc(O)c43)O[C@@H]2CO)[C@H](O)[C@@H](O)[C@H]1O. The summed E-state index contributed by atoms with van der Waals surface area (Å²) < 4.78 is 34.8. The minimum absolute atomic E-state index is 0.107. The fraction of sp³-hybridized carbons (Fsp3) is 0.574. The molecule has 0 aromatic heterocycles. The molecule has 16 nitrogen and oxygen atoms in total. The summed E-state index contributed by atoms with van der Waals surface area (Å²) in [6.07, 6.45) is 8.36. The number of carbonyl (C=O) groups is 2. The van der Waals surface area contributed by atoms with Crippen molar-refractivity contribution in [2.45, 2.75) is 153 Å². The number of ether oxygens (including phenoxy) is 6. The Hall–Kier alpha value is -4.20. The van der Waals surface area contributed by atoms with E-state index in [4.69, 9.17) is 28.4 Å². The second kappa shape index (κ2) is 25.3. The van der Waals surface area contributed by atoms with E-state index in [0.717, 1.165) is 68.7 Å². The van der Waals surface area contributed by atoms with Crippen LogP contribution in [-0.4, -0.2) is 127 Å². The van der Waals surface area contributed by atoms with Crippen LogP contribution in [-0.2, 0) is 50.4 Å². The summed E-state index contributed by atoms with van der Waals surface area (Å²) in [7, 11) is 0. The number of aliphatic hydroxyl groups is 6. The molecule has 0 unspecified atom stereocenters. The highest BCUT2D eigenvalue weighted by Gasteiger charge is 2.63. The lowest BCUT2D eigenvalue weighted by Crippen LogP contribution is -2.67. The first-order valence-electron chi connectivity index (χ1n) is 21.7. The zero-order valence-electron chi connectivity index (χ0n) is 36.5. The van der Waals surface area contributed by atoms with E-state index in [1.54, 1.807) is 12.2 Å². The number of hydrogen-bond donors (Lipinski definition) is 8. The summed E-state index contributed by atoms with van der Waals surface area (Å²) >= 11 is 0. The fourth-order valence-electron chi connectivity index (χ4n) is 7.32. The van der Waals surface area contributed by atoms with Gasteiger partial charge in [-0.2, -0.15) is 0 Å². The first kappa shape index (κ1) is 51.4. The molecule has 2 saturated heterocycles. The van der Waals surface area contributed by atoms with E-state index in [1.807, 2.05) is 25.2 Å². The Morgan fingerprint density at radius 3 is 2.32 bits per heavy atom. The smallest absolute Gasteiger partial charge is 0.331 e. The highest BCUT2D eigenvalue weighted by molar-refractivity contribution is 5.82. The molecule has 4 rings (SSSR count). The molecule has 350 valence electrons. The van der Waals surface area contributed by atoms with Gasteiger partial charge in [0.15, 0.2) is 18.5 Å². The maximum absolute atomic E-state index is 13.4. The molecule has 2 fully saturated rings. The van der Waals surface area contributed by atoms with Crippen molar-refractivity contribution in [3.8, 4) is 11.5 Å². The van der Waals surface area contributed by atoms with Gasteiger partial charge in [-0.05, 0) is 62.1 Å². The van der Waals surface area contributed by atoms with Gasteiger partial charge in [0, 0.05) is 18.2 Å². The van der Waals surface area contributed by atoms with Gasteiger partial charge in [0.25, 0.3) is 0 Å². The fourth-order valence-corrected chi connectivity index (χ4v) is 7.32. The predicted octanol–water partition coefficient (Wildman–Crippen LogP) is 4.07. The van der Waals surface area contributed by atoms with Gasteiger partial charge in [-0.1, -0.05) is 94.7 Å². The number of phenols is 2. The van der Waals surface area contributed by atoms with E-state index in [1.165, 1.54) is 24.3 Å². The van der Waals surface area contributed by atoms with Gasteiger partial charge in [-0.15, -0.1) is 0 Å². The summed E-state index contributed by atoms with van der Waals surface area (Å²) in [6.45, 7) is 6.54. The molecule has 0 aliphatic carbocycles. The van der Waals surface area contributed by atoms with Crippen LogP contribution in [0.1, 0.15) is 90.2 Å². The molecule has 1 spiro atoms. The van der Waals surface area contributed by atoms with Gasteiger partial charge in [-0.25, -0.2) is 9.59 Å². The van der Waals surface area contributed by atoms with Gasteiger partial charge in [0.05, 0.1) is 24.9 Å². The zero-order chi connectivity index (χ0) is 46.1. The van der Waals surface area contributed by atoms with Crippen LogP contribution in [0.3, 0.4) is 0 Å². The third kappa shape index (κ3) is 14.1. The minimum Gasteiger partial charge on any atom is -0.508 e. The van der Waals surface area contributed by atoms with E-state index in [0.29, 0.717) is 5.92 Å². The molecule has 12 atom stereocenters. The van der Waals surface area contributed by atoms with Crippen molar-refractivity contribution in [2.75, 3.05) is 13.2 Å². The Morgan fingerprint density at radius 1 is 0.889 bits per heavy atom. The summed E-state index contributed by atoms with van der Waals surface area (Å²) in [6, 6.07) is 2.27. The van der Waals surface area contributed by atoms with Crippen LogP contribution < -0.4 is 0 Å². The number of carbonyl (C=O) groups excluding carboxylic acids is 2. The van der Waals surface area contributed by atoms with Gasteiger partial charge < -0.3 is 69.3 Å². The quantitative estimate of drug-likeness (QED) is 0.0354. The van der Waals surface area contributed by atoms with Crippen LogP contribution in [0.4, 0.5) is 0 Å². The van der Waals surface area contributed by atoms with Crippen LogP contribution in [0.25, 0.3) is 0 Å². The number of aliphatic hydroxyl groups excluding tert-OH is 6. The molecular formula is C47H66O16. The van der Waals surface area contributed by atoms with E-state index in [2.05, 4.69) is 26.8 Å². The molecule has 3 aliphatic rings. The predicted molar refractivity (Wildman–Crippen MR) is 230 cm³/mol. The molecular weight excluding hydrogens is 821 g/mol. The molecule has 1 aromatic rings. The highest BCUT2D eigenvalue weighted by Crippen LogP contribution is 2.51. The van der Waals surface area contributed by atoms with Crippen LogP contribution in [0.15, 0.2) is 84.5 Å². The van der Waals surface area contributed by atoms with E-state index in [9.17, 15) is 50.4 Å². The number of allylic oxidation sites excluding steroid dienone is 8. The molecule has 63 heavy (non-hydrogen) atoms. The van der Waals surface area contributed by atoms with Crippen molar-refractivity contribution < 1.29 is 78.9 Å². The van der Waals surface area contributed by atoms with E-state index < -0.39 is 97.9 Å². The van der Waals surface area contributed by atoms with E-state index >= 15 is 0 Å². The molecule has 0 radical (unpaired) electrons. The second-order valence-corrected chi connectivity index (χ2v) is 16.1. The molecule has 8 N–H and O–H groups in total. The monoisotopic (exact) mass is 886 g/mol. The molecule has 0 saturated carbocycles. The maximum atomic E-state index is 13.4.